The number of nitrogens with zero attached hydrogens (tertiary/aromatic N) is 1. The van der Waals surface area contributed by atoms with Gasteiger partial charge in [-0.25, -0.2) is 0 Å². The Hall–Kier alpha value is -0.420. The molecule has 1 saturated heterocycles. The van der Waals surface area contributed by atoms with Crippen LogP contribution in [0, 0.1) is 0 Å². The lowest BCUT2D eigenvalue weighted by atomic mass is 10.0. The van der Waals surface area contributed by atoms with Crippen molar-refractivity contribution in [2.75, 3.05) is 13.1 Å². The number of likely N-dealkylation sites (tertiary alicyclic amines) is 1. The Labute approximate surface area is 111 Å². The van der Waals surface area contributed by atoms with E-state index in [1.54, 1.807) is 0 Å². The highest BCUT2D eigenvalue weighted by Gasteiger charge is 2.29. The number of piperidine rings is 1. The van der Waals surface area contributed by atoms with Gasteiger partial charge in [-0.15, -0.1) is 0 Å². The van der Waals surface area contributed by atoms with Gasteiger partial charge in [0.05, 0.1) is 14.7 Å². The van der Waals surface area contributed by atoms with Crippen LogP contribution in [0.3, 0.4) is 0 Å². The number of hydrogen-bond donors (Lipinski definition) is 0. The molecule has 86 valence electrons. The van der Waals surface area contributed by atoms with Crippen LogP contribution in [0.1, 0.15) is 19.3 Å². The van der Waals surface area contributed by atoms with E-state index in [4.69, 9.17) is 0 Å². The van der Waals surface area contributed by atoms with Gasteiger partial charge in [-0.2, -0.15) is 0 Å². The van der Waals surface area contributed by atoms with E-state index in [9.17, 15) is 9.59 Å². The van der Waals surface area contributed by atoms with Gasteiger partial charge in [-0.3, -0.25) is 9.59 Å². The van der Waals surface area contributed by atoms with Gasteiger partial charge in [0.25, 0.3) is 0 Å². The van der Waals surface area contributed by atoms with Crippen molar-refractivity contribution in [3.8, 4) is 0 Å². The summed E-state index contributed by atoms with van der Waals surface area (Å²) in [5.41, 5.74) is 0.528. The lowest BCUT2D eigenvalue weighted by Crippen LogP contribution is -2.34. The molecule has 3 nitrogen and oxygen atoms in total. The fourth-order valence-corrected chi connectivity index (χ4v) is 2.64. The summed E-state index contributed by atoms with van der Waals surface area (Å²) in [6, 6.07) is 0. The largest absolute Gasteiger partial charge is 0.368 e. The van der Waals surface area contributed by atoms with E-state index in [1.807, 2.05) is 4.90 Å². The third kappa shape index (κ3) is 2.15. The predicted octanol–water partition coefficient (Wildman–Crippen LogP) is 2.51. The SMILES string of the molecule is O=C1C=C(N2CCCCC2)C(=O)C(Br)=C1Br. The quantitative estimate of drug-likeness (QED) is 0.683. The standard InChI is InChI=1S/C11H11Br2NO2/c12-9-8(15)6-7(11(16)10(9)13)14-4-2-1-3-5-14/h6H,1-5H2. The normalized spacial score (nSPS) is 22.6. The van der Waals surface area contributed by atoms with E-state index in [1.165, 1.54) is 12.5 Å². The zero-order valence-corrected chi connectivity index (χ0v) is 11.8. The Morgan fingerprint density at radius 1 is 1.00 bits per heavy atom. The van der Waals surface area contributed by atoms with Gasteiger partial charge in [-0.1, -0.05) is 0 Å². The smallest absolute Gasteiger partial charge is 0.217 e. The van der Waals surface area contributed by atoms with Crippen LogP contribution in [0.15, 0.2) is 20.7 Å². The van der Waals surface area contributed by atoms with Crippen LogP contribution in [-0.4, -0.2) is 29.6 Å². The van der Waals surface area contributed by atoms with E-state index in [0.29, 0.717) is 14.7 Å². The molecule has 0 bridgehead atoms. The first-order valence-corrected chi connectivity index (χ1v) is 6.81. The Kier molecular flexibility index (Phi) is 3.64. The lowest BCUT2D eigenvalue weighted by Gasteiger charge is -2.31. The molecule has 1 fully saturated rings. The van der Waals surface area contributed by atoms with Gasteiger partial charge < -0.3 is 4.90 Å². The minimum absolute atomic E-state index is 0.103. The fourth-order valence-electron chi connectivity index (χ4n) is 1.94. The summed E-state index contributed by atoms with van der Waals surface area (Å²) >= 11 is 6.27. The van der Waals surface area contributed by atoms with Crippen LogP contribution in [0.5, 0.6) is 0 Å². The Morgan fingerprint density at radius 3 is 2.25 bits per heavy atom. The van der Waals surface area contributed by atoms with Crippen LogP contribution in [0.25, 0.3) is 0 Å². The van der Waals surface area contributed by atoms with Crippen LogP contribution in [0.4, 0.5) is 0 Å². The molecule has 1 aliphatic heterocycles. The maximum Gasteiger partial charge on any atom is 0.217 e. The Balaban J connectivity index is 2.26. The van der Waals surface area contributed by atoms with Gasteiger partial charge >= 0.3 is 0 Å². The molecule has 1 aliphatic carbocycles. The lowest BCUT2D eigenvalue weighted by molar-refractivity contribution is -0.116. The topological polar surface area (TPSA) is 37.4 Å². The number of Topliss-reactive ketones (excluding diaryl/α,β-unsaturated/α-hetero) is 1. The Bertz CT molecular complexity index is 406. The molecule has 0 aromatic carbocycles. The minimum atomic E-state index is -0.146. The number of hydrogen-bond acceptors (Lipinski definition) is 3. The van der Waals surface area contributed by atoms with Crippen LogP contribution in [0.2, 0.25) is 0 Å². The summed E-state index contributed by atoms with van der Waals surface area (Å²) in [6.45, 7) is 1.73. The predicted molar refractivity (Wildman–Crippen MR) is 68.4 cm³/mol. The molecule has 0 spiro atoms. The zero-order chi connectivity index (χ0) is 11.7. The number of carbonyl (C=O) groups is 2. The number of ketones is 2. The van der Waals surface area contributed by atoms with Crippen molar-refractivity contribution in [1.29, 1.82) is 0 Å². The molecule has 0 N–H and O–H groups in total. The summed E-state index contributed by atoms with van der Waals surface area (Å²) < 4.78 is 0.652. The summed E-state index contributed by atoms with van der Waals surface area (Å²) in [6.07, 6.45) is 4.80. The van der Waals surface area contributed by atoms with Gasteiger partial charge in [0, 0.05) is 19.2 Å². The highest BCUT2D eigenvalue weighted by Crippen LogP contribution is 2.30. The maximum absolute atomic E-state index is 12.0. The molecule has 2 rings (SSSR count). The molecule has 16 heavy (non-hydrogen) atoms. The fraction of sp³-hybridized carbons (Fsp3) is 0.455. The first kappa shape index (κ1) is 12.0. The van der Waals surface area contributed by atoms with E-state index < -0.39 is 0 Å². The average molecular weight is 349 g/mol. The minimum Gasteiger partial charge on any atom is -0.368 e. The van der Waals surface area contributed by atoms with Crippen LogP contribution < -0.4 is 0 Å². The maximum atomic E-state index is 12.0. The summed E-state index contributed by atoms with van der Waals surface area (Å²) in [7, 11) is 0. The average Bonchev–Trinajstić information content (AvgIpc) is 2.32. The molecule has 1 heterocycles. The van der Waals surface area contributed by atoms with Crippen molar-refractivity contribution in [2.24, 2.45) is 0 Å². The monoisotopic (exact) mass is 347 g/mol. The van der Waals surface area contributed by atoms with Crippen molar-refractivity contribution in [3.63, 3.8) is 0 Å². The molecule has 0 unspecified atom stereocenters. The molecule has 0 atom stereocenters. The van der Waals surface area contributed by atoms with Crippen molar-refractivity contribution >= 4 is 43.4 Å². The molecule has 0 amide bonds. The highest BCUT2D eigenvalue weighted by molar-refractivity contribution is 9.14. The second-order valence-electron chi connectivity index (χ2n) is 3.90. The van der Waals surface area contributed by atoms with Gasteiger partial charge in [0.15, 0.2) is 5.78 Å². The summed E-state index contributed by atoms with van der Waals surface area (Å²) in [5, 5.41) is 0. The van der Waals surface area contributed by atoms with Crippen molar-refractivity contribution in [3.05, 3.63) is 20.7 Å². The van der Waals surface area contributed by atoms with E-state index in [0.717, 1.165) is 25.9 Å². The molecule has 2 aliphatic rings. The van der Waals surface area contributed by atoms with Gasteiger partial charge in [-0.05, 0) is 51.1 Å². The second-order valence-corrected chi connectivity index (χ2v) is 5.48. The molecule has 0 aromatic rings. The molecule has 5 heteroatoms. The van der Waals surface area contributed by atoms with E-state index in [2.05, 4.69) is 31.9 Å². The number of carbonyl (C=O) groups excluding carboxylic acids is 2. The summed E-state index contributed by atoms with van der Waals surface area (Å²) in [5.74, 6) is -0.250. The van der Waals surface area contributed by atoms with Gasteiger partial charge in [0.1, 0.15) is 0 Å². The van der Waals surface area contributed by atoms with Crippen molar-refractivity contribution in [2.45, 2.75) is 19.3 Å². The van der Waals surface area contributed by atoms with E-state index >= 15 is 0 Å². The van der Waals surface area contributed by atoms with Crippen molar-refractivity contribution in [1.82, 2.24) is 4.90 Å². The number of allylic oxidation sites excluding steroid dienone is 3. The molecule has 0 radical (unpaired) electrons. The second kappa shape index (κ2) is 4.84. The molecule has 0 aromatic heterocycles. The zero-order valence-electron chi connectivity index (χ0n) is 8.63. The number of halogens is 2. The first-order chi connectivity index (χ1) is 7.61. The first-order valence-electron chi connectivity index (χ1n) is 5.22. The molecular formula is C11H11Br2NO2. The van der Waals surface area contributed by atoms with Crippen molar-refractivity contribution < 1.29 is 9.59 Å². The van der Waals surface area contributed by atoms with Crippen LogP contribution in [-0.2, 0) is 9.59 Å². The van der Waals surface area contributed by atoms with E-state index in [-0.39, 0.29) is 11.6 Å². The Morgan fingerprint density at radius 2 is 1.62 bits per heavy atom. The molecular weight excluding hydrogens is 338 g/mol. The van der Waals surface area contributed by atoms with Gasteiger partial charge in [0.2, 0.25) is 5.78 Å². The third-order valence-electron chi connectivity index (χ3n) is 2.81. The highest BCUT2D eigenvalue weighted by atomic mass is 79.9. The number of rotatable bonds is 1. The molecule has 0 saturated carbocycles. The summed E-state index contributed by atoms with van der Waals surface area (Å²) in [4.78, 5) is 25.6. The third-order valence-corrected chi connectivity index (χ3v) is 4.88. The van der Waals surface area contributed by atoms with Crippen LogP contribution >= 0.6 is 31.9 Å².